The number of hydrogen-bond donors (Lipinski definition) is 0. The third-order valence-electron chi connectivity index (χ3n) is 4.42. The number of carbonyl (C=O) groups is 1. The van der Waals surface area contributed by atoms with Gasteiger partial charge in [-0.15, -0.1) is 0 Å². The summed E-state index contributed by atoms with van der Waals surface area (Å²) in [4.78, 5) is 18.5. The quantitative estimate of drug-likeness (QED) is 0.863. The highest BCUT2D eigenvalue weighted by atomic mass is 16.2. The van der Waals surface area contributed by atoms with Gasteiger partial charge in [-0.05, 0) is 49.3 Å². The maximum Gasteiger partial charge on any atom is 0.253 e. The second-order valence-electron chi connectivity index (χ2n) is 6.02. The maximum atomic E-state index is 12.5. The van der Waals surface area contributed by atoms with Gasteiger partial charge in [-0.2, -0.15) is 0 Å². The largest absolute Gasteiger partial charge is 0.338 e. The molecule has 1 aromatic carbocycles. The van der Waals surface area contributed by atoms with Gasteiger partial charge in [-0.3, -0.25) is 9.78 Å². The van der Waals surface area contributed by atoms with Crippen LogP contribution in [0.25, 0.3) is 0 Å². The van der Waals surface area contributed by atoms with Crippen LogP contribution in [-0.2, 0) is 6.42 Å². The summed E-state index contributed by atoms with van der Waals surface area (Å²) < 4.78 is 0. The zero-order valence-corrected chi connectivity index (χ0v) is 12.8. The Balaban J connectivity index is 1.56. The van der Waals surface area contributed by atoms with Gasteiger partial charge in [-0.1, -0.05) is 30.3 Å². The van der Waals surface area contributed by atoms with E-state index in [9.17, 15) is 4.79 Å². The van der Waals surface area contributed by atoms with Crippen molar-refractivity contribution in [2.75, 3.05) is 13.1 Å². The number of aryl methyl sites for hydroxylation is 1. The lowest BCUT2D eigenvalue weighted by atomic mass is 9.91. The van der Waals surface area contributed by atoms with E-state index in [0.29, 0.717) is 5.92 Å². The minimum atomic E-state index is 0.145. The third-order valence-corrected chi connectivity index (χ3v) is 4.42. The van der Waals surface area contributed by atoms with Gasteiger partial charge in [0, 0.05) is 31.0 Å². The number of aromatic nitrogens is 1. The van der Waals surface area contributed by atoms with E-state index < -0.39 is 0 Å². The van der Waals surface area contributed by atoms with E-state index >= 15 is 0 Å². The second-order valence-corrected chi connectivity index (χ2v) is 6.02. The minimum absolute atomic E-state index is 0.145. The van der Waals surface area contributed by atoms with Gasteiger partial charge in [0.15, 0.2) is 0 Å². The van der Waals surface area contributed by atoms with E-state index in [1.165, 1.54) is 12.0 Å². The molecule has 2 heterocycles. The first-order valence-corrected chi connectivity index (χ1v) is 8.06. The molecule has 1 atom stereocenters. The van der Waals surface area contributed by atoms with Crippen molar-refractivity contribution in [3.05, 3.63) is 66.0 Å². The lowest BCUT2D eigenvalue weighted by Crippen LogP contribution is -2.40. The average Bonchev–Trinajstić information content (AvgIpc) is 2.61. The van der Waals surface area contributed by atoms with Crippen molar-refractivity contribution in [3.8, 4) is 0 Å². The molecule has 1 amide bonds. The van der Waals surface area contributed by atoms with Crippen LogP contribution in [0.1, 0.15) is 35.2 Å². The molecule has 1 aliphatic rings. The predicted octanol–water partition coefficient (Wildman–Crippen LogP) is 3.57. The van der Waals surface area contributed by atoms with Crippen LogP contribution in [0.5, 0.6) is 0 Å². The molecule has 3 rings (SSSR count). The van der Waals surface area contributed by atoms with Crippen molar-refractivity contribution in [2.24, 2.45) is 5.92 Å². The summed E-state index contributed by atoms with van der Waals surface area (Å²) >= 11 is 0. The maximum absolute atomic E-state index is 12.5. The summed E-state index contributed by atoms with van der Waals surface area (Å²) in [5.74, 6) is 0.756. The fourth-order valence-corrected chi connectivity index (χ4v) is 3.18. The number of amides is 1. The number of carbonyl (C=O) groups excluding carboxylic acids is 1. The molecule has 3 heteroatoms. The number of rotatable bonds is 4. The van der Waals surface area contributed by atoms with E-state index in [1.807, 2.05) is 4.90 Å². The molecular formula is C19H22N2O. The van der Waals surface area contributed by atoms with Crippen LogP contribution < -0.4 is 0 Å². The van der Waals surface area contributed by atoms with Crippen molar-refractivity contribution in [1.29, 1.82) is 0 Å². The molecular weight excluding hydrogens is 272 g/mol. The Morgan fingerprint density at radius 2 is 1.91 bits per heavy atom. The molecule has 1 aromatic heterocycles. The molecule has 22 heavy (non-hydrogen) atoms. The Morgan fingerprint density at radius 3 is 2.68 bits per heavy atom. The number of likely N-dealkylation sites (tertiary alicyclic amines) is 1. The summed E-state index contributed by atoms with van der Waals surface area (Å²) in [7, 11) is 0. The van der Waals surface area contributed by atoms with E-state index in [2.05, 4.69) is 35.3 Å². The highest BCUT2D eigenvalue weighted by Gasteiger charge is 2.24. The molecule has 3 nitrogen and oxygen atoms in total. The molecule has 2 aromatic rings. The van der Waals surface area contributed by atoms with Crippen LogP contribution in [0, 0.1) is 5.92 Å². The Bertz CT molecular complexity index is 597. The number of pyridine rings is 1. The van der Waals surface area contributed by atoms with Crippen LogP contribution in [0.15, 0.2) is 54.9 Å². The lowest BCUT2D eigenvalue weighted by molar-refractivity contribution is 0.0668. The van der Waals surface area contributed by atoms with Gasteiger partial charge < -0.3 is 4.90 Å². The molecule has 0 unspecified atom stereocenters. The summed E-state index contributed by atoms with van der Waals surface area (Å²) in [6, 6.07) is 14.2. The molecule has 0 radical (unpaired) electrons. The predicted molar refractivity (Wildman–Crippen MR) is 87.6 cm³/mol. The highest BCUT2D eigenvalue weighted by Crippen LogP contribution is 2.22. The molecule has 0 spiro atoms. The van der Waals surface area contributed by atoms with Crippen molar-refractivity contribution < 1.29 is 4.79 Å². The number of nitrogens with zero attached hydrogens (tertiary/aromatic N) is 2. The van der Waals surface area contributed by atoms with Crippen LogP contribution in [0.2, 0.25) is 0 Å². The van der Waals surface area contributed by atoms with Crippen LogP contribution in [0.4, 0.5) is 0 Å². The fraction of sp³-hybridized carbons (Fsp3) is 0.368. The zero-order chi connectivity index (χ0) is 15.2. The Morgan fingerprint density at radius 1 is 1.14 bits per heavy atom. The summed E-state index contributed by atoms with van der Waals surface area (Å²) in [5.41, 5.74) is 2.14. The Kier molecular flexibility index (Phi) is 4.84. The number of benzene rings is 1. The van der Waals surface area contributed by atoms with E-state index in [-0.39, 0.29) is 5.91 Å². The minimum Gasteiger partial charge on any atom is -0.338 e. The second kappa shape index (κ2) is 7.21. The van der Waals surface area contributed by atoms with E-state index in [1.54, 1.807) is 24.5 Å². The van der Waals surface area contributed by atoms with Crippen molar-refractivity contribution in [1.82, 2.24) is 9.88 Å². The molecule has 1 aliphatic heterocycles. The van der Waals surface area contributed by atoms with Gasteiger partial charge in [0.2, 0.25) is 0 Å². The Labute approximate surface area is 132 Å². The van der Waals surface area contributed by atoms with Gasteiger partial charge in [-0.25, -0.2) is 0 Å². The van der Waals surface area contributed by atoms with Gasteiger partial charge >= 0.3 is 0 Å². The van der Waals surface area contributed by atoms with Crippen molar-refractivity contribution >= 4 is 5.91 Å². The first-order chi connectivity index (χ1) is 10.8. The van der Waals surface area contributed by atoms with Gasteiger partial charge in [0.1, 0.15) is 0 Å². The van der Waals surface area contributed by atoms with Gasteiger partial charge in [0.25, 0.3) is 5.91 Å². The monoisotopic (exact) mass is 294 g/mol. The SMILES string of the molecule is O=C(c1ccncc1)N1CCC[C@@H](CCc2ccccc2)C1. The topological polar surface area (TPSA) is 33.2 Å². The highest BCUT2D eigenvalue weighted by molar-refractivity contribution is 5.94. The molecule has 114 valence electrons. The summed E-state index contributed by atoms with van der Waals surface area (Å²) in [5, 5.41) is 0. The van der Waals surface area contributed by atoms with E-state index in [0.717, 1.165) is 37.9 Å². The van der Waals surface area contributed by atoms with Gasteiger partial charge in [0.05, 0.1) is 0 Å². The molecule has 0 N–H and O–H groups in total. The molecule has 1 saturated heterocycles. The lowest BCUT2D eigenvalue weighted by Gasteiger charge is -2.33. The summed E-state index contributed by atoms with van der Waals surface area (Å²) in [6.45, 7) is 1.76. The smallest absolute Gasteiger partial charge is 0.253 e. The summed E-state index contributed by atoms with van der Waals surface area (Å²) in [6.07, 6.45) is 7.96. The standard InChI is InChI=1S/C19H22N2O/c22-19(18-10-12-20-13-11-18)21-14-4-7-17(15-21)9-8-16-5-2-1-3-6-16/h1-3,5-6,10-13,17H,4,7-9,14-15H2/t17-/m0/s1. The average molecular weight is 294 g/mol. The first kappa shape index (κ1) is 14.8. The van der Waals surface area contributed by atoms with Crippen molar-refractivity contribution in [3.63, 3.8) is 0 Å². The van der Waals surface area contributed by atoms with Crippen LogP contribution >= 0.6 is 0 Å². The normalized spacial score (nSPS) is 18.2. The Hall–Kier alpha value is -2.16. The molecule has 1 fully saturated rings. The molecule has 0 saturated carbocycles. The van der Waals surface area contributed by atoms with Crippen LogP contribution in [0.3, 0.4) is 0 Å². The number of hydrogen-bond acceptors (Lipinski definition) is 2. The van der Waals surface area contributed by atoms with E-state index in [4.69, 9.17) is 0 Å². The fourth-order valence-electron chi connectivity index (χ4n) is 3.18. The first-order valence-electron chi connectivity index (χ1n) is 8.06. The third kappa shape index (κ3) is 3.73. The number of piperidine rings is 1. The zero-order valence-electron chi connectivity index (χ0n) is 12.8. The molecule has 0 aliphatic carbocycles. The van der Waals surface area contributed by atoms with Crippen molar-refractivity contribution in [2.45, 2.75) is 25.7 Å². The van der Waals surface area contributed by atoms with Crippen LogP contribution in [-0.4, -0.2) is 28.9 Å². The molecule has 0 bridgehead atoms.